The third kappa shape index (κ3) is 3.65. The zero-order valence-electron chi connectivity index (χ0n) is 12.5. The Morgan fingerprint density at radius 3 is 2.17 bits per heavy atom. The van der Waals surface area contributed by atoms with Gasteiger partial charge in [0.15, 0.2) is 0 Å². The molecule has 126 valence electrons. The van der Waals surface area contributed by atoms with E-state index in [2.05, 4.69) is 5.32 Å². The lowest BCUT2D eigenvalue weighted by Crippen LogP contribution is -2.43. The summed E-state index contributed by atoms with van der Waals surface area (Å²) in [5.41, 5.74) is 0. The van der Waals surface area contributed by atoms with Crippen molar-refractivity contribution in [2.45, 2.75) is 36.6 Å². The fourth-order valence-electron chi connectivity index (χ4n) is 2.76. The second-order valence-corrected chi connectivity index (χ2v) is 8.70. The molecule has 0 bridgehead atoms. The van der Waals surface area contributed by atoms with E-state index in [0.29, 0.717) is 32.0 Å². The van der Waals surface area contributed by atoms with E-state index in [1.807, 2.05) is 0 Å². The van der Waals surface area contributed by atoms with E-state index in [1.54, 1.807) is 6.07 Å². The Hall–Kier alpha value is -0.820. The van der Waals surface area contributed by atoms with Gasteiger partial charge in [0.05, 0.1) is 10.0 Å². The maximum Gasteiger partial charge on any atom is 0.246 e. The summed E-state index contributed by atoms with van der Waals surface area (Å²) in [6.45, 7) is 0.597. The van der Waals surface area contributed by atoms with Crippen LogP contribution in [0.3, 0.4) is 0 Å². The summed E-state index contributed by atoms with van der Waals surface area (Å²) in [5, 5.41) is 3.21. The van der Waals surface area contributed by atoms with Gasteiger partial charge in [-0.1, -0.05) is 29.3 Å². The summed E-state index contributed by atoms with van der Waals surface area (Å²) in [4.78, 5) is 12.0. The molecule has 1 aliphatic heterocycles. The van der Waals surface area contributed by atoms with Crippen LogP contribution in [0.4, 0.5) is 0 Å². The van der Waals surface area contributed by atoms with Gasteiger partial charge < -0.3 is 5.32 Å². The number of rotatable bonds is 4. The molecule has 5 nitrogen and oxygen atoms in total. The normalized spacial score (nSPS) is 20.4. The van der Waals surface area contributed by atoms with E-state index in [1.165, 1.54) is 16.4 Å². The molecule has 0 unspecified atom stereocenters. The first-order valence-corrected chi connectivity index (χ1v) is 9.83. The lowest BCUT2D eigenvalue weighted by atomic mass is 9.97. The number of benzene rings is 1. The van der Waals surface area contributed by atoms with Crippen LogP contribution in [0.25, 0.3) is 0 Å². The lowest BCUT2D eigenvalue weighted by Gasteiger charge is -2.31. The second kappa shape index (κ2) is 6.59. The standard InChI is InChI=1S/C15H18Cl2N2O3S/c16-12-2-1-3-13(17)14(12)23(21,22)19-8-6-10(7-9-19)15(20)18-11-4-5-11/h1-3,10-11H,4-9H2,(H,18,20). The van der Waals surface area contributed by atoms with Crippen molar-refractivity contribution < 1.29 is 13.2 Å². The highest BCUT2D eigenvalue weighted by Gasteiger charge is 2.35. The molecule has 3 rings (SSSR count). The number of amides is 1. The molecule has 0 radical (unpaired) electrons. The third-order valence-corrected chi connectivity index (χ3v) is 7.12. The van der Waals surface area contributed by atoms with Crippen molar-refractivity contribution in [1.82, 2.24) is 9.62 Å². The molecule has 1 aliphatic carbocycles. The van der Waals surface area contributed by atoms with Gasteiger partial charge in [-0.05, 0) is 37.8 Å². The van der Waals surface area contributed by atoms with Gasteiger partial charge in [-0.3, -0.25) is 4.79 Å². The zero-order chi connectivity index (χ0) is 16.6. The van der Waals surface area contributed by atoms with Crippen LogP contribution in [0, 0.1) is 5.92 Å². The average Bonchev–Trinajstić information content (AvgIpc) is 3.31. The molecule has 23 heavy (non-hydrogen) atoms. The van der Waals surface area contributed by atoms with Gasteiger partial charge in [0.25, 0.3) is 0 Å². The van der Waals surface area contributed by atoms with Crippen LogP contribution in [0.15, 0.2) is 23.1 Å². The fraction of sp³-hybridized carbons (Fsp3) is 0.533. The SMILES string of the molecule is O=C(NC1CC1)C1CCN(S(=O)(=O)c2c(Cl)cccc2Cl)CC1. The van der Waals surface area contributed by atoms with Gasteiger partial charge >= 0.3 is 0 Å². The van der Waals surface area contributed by atoms with Gasteiger partial charge in [0.2, 0.25) is 15.9 Å². The number of hydrogen-bond donors (Lipinski definition) is 1. The number of hydrogen-bond acceptors (Lipinski definition) is 3. The van der Waals surface area contributed by atoms with Crippen molar-refractivity contribution in [2.24, 2.45) is 5.92 Å². The van der Waals surface area contributed by atoms with Crippen LogP contribution >= 0.6 is 23.2 Å². The van der Waals surface area contributed by atoms with Crippen LogP contribution in [-0.4, -0.2) is 37.8 Å². The van der Waals surface area contributed by atoms with Crippen molar-refractivity contribution in [3.63, 3.8) is 0 Å². The maximum absolute atomic E-state index is 12.7. The molecule has 2 aliphatic rings. The van der Waals surface area contributed by atoms with E-state index in [4.69, 9.17) is 23.2 Å². The maximum atomic E-state index is 12.7. The van der Waals surface area contributed by atoms with Crippen molar-refractivity contribution in [1.29, 1.82) is 0 Å². The topological polar surface area (TPSA) is 66.5 Å². The van der Waals surface area contributed by atoms with E-state index >= 15 is 0 Å². The number of nitrogens with zero attached hydrogens (tertiary/aromatic N) is 1. The molecule has 0 aromatic heterocycles. The Morgan fingerprint density at radius 1 is 1.09 bits per heavy atom. The molecule has 1 amide bonds. The molecule has 8 heteroatoms. The number of piperidine rings is 1. The van der Waals surface area contributed by atoms with E-state index in [9.17, 15) is 13.2 Å². The van der Waals surface area contributed by atoms with Gasteiger partial charge in [-0.25, -0.2) is 8.42 Å². The van der Waals surface area contributed by atoms with Gasteiger partial charge in [-0.2, -0.15) is 4.31 Å². The highest BCUT2D eigenvalue weighted by molar-refractivity contribution is 7.89. The summed E-state index contributed by atoms with van der Waals surface area (Å²) in [6, 6.07) is 4.95. The molecule has 2 fully saturated rings. The van der Waals surface area contributed by atoms with Crippen molar-refractivity contribution in [2.75, 3.05) is 13.1 Å². The molecule has 1 saturated heterocycles. The Kier molecular flexibility index (Phi) is 4.88. The highest BCUT2D eigenvalue weighted by atomic mass is 35.5. The average molecular weight is 377 g/mol. The molecule has 1 aromatic carbocycles. The molecule has 1 N–H and O–H groups in total. The summed E-state index contributed by atoms with van der Waals surface area (Å²) in [6.07, 6.45) is 3.12. The lowest BCUT2D eigenvalue weighted by molar-refractivity contribution is -0.126. The molecule has 1 saturated carbocycles. The van der Waals surface area contributed by atoms with Crippen molar-refractivity contribution in [3.8, 4) is 0 Å². The van der Waals surface area contributed by atoms with Gasteiger partial charge in [0, 0.05) is 25.0 Å². The third-order valence-electron chi connectivity index (χ3n) is 4.27. The second-order valence-electron chi connectivity index (χ2n) is 6.01. The van der Waals surface area contributed by atoms with Crippen molar-refractivity contribution >= 4 is 39.1 Å². The van der Waals surface area contributed by atoms with E-state index in [-0.39, 0.29) is 26.8 Å². The summed E-state index contributed by atoms with van der Waals surface area (Å²) in [5.74, 6) is -0.0795. The zero-order valence-corrected chi connectivity index (χ0v) is 14.8. The minimum atomic E-state index is -3.75. The molecule has 0 spiro atoms. The molecule has 0 atom stereocenters. The largest absolute Gasteiger partial charge is 0.353 e. The molecular weight excluding hydrogens is 359 g/mol. The first-order chi connectivity index (χ1) is 10.9. The summed E-state index contributed by atoms with van der Waals surface area (Å²) >= 11 is 12.0. The predicted octanol–water partition coefficient (Wildman–Crippen LogP) is 2.67. The Balaban J connectivity index is 1.70. The summed E-state index contributed by atoms with van der Waals surface area (Å²) < 4.78 is 26.9. The van der Waals surface area contributed by atoms with Crippen LogP contribution in [-0.2, 0) is 14.8 Å². The first kappa shape index (κ1) is 17.0. The Morgan fingerprint density at radius 2 is 1.65 bits per heavy atom. The summed E-state index contributed by atoms with van der Waals surface area (Å²) in [7, 11) is -3.75. The number of carbonyl (C=O) groups is 1. The van der Waals surface area contributed by atoms with Gasteiger partial charge in [-0.15, -0.1) is 0 Å². The minimum absolute atomic E-state index is 0.0420. The highest BCUT2D eigenvalue weighted by Crippen LogP contribution is 2.33. The smallest absolute Gasteiger partial charge is 0.246 e. The fourth-order valence-corrected chi connectivity index (χ4v) is 5.32. The quantitative estimate of drug-likeness (QED) is 0.878. The van der Waals surface area contributed by atoms with Crippen LogP contribution < -0.4 is 5.32 Å². The molecule has 1 aromatic rings. The minimum Gasteiger partial charge on any atom is -0.353 e. The number of carbonyl (C=O) groups excluding carboxylic acids is 1. The van der Waals surface area contributed by atoms with Crippen molar-refractivity contribution in [3.05, 3.63) is 28.2 Å². The van der Waals surface area contributed by atoms with Crippen LogP contribution in [0.1, 0.15) is 25.7 Å². The Bertz CT molecular complexity index is 691. The number of halogens is 2. The number of nitrogens with one attached hydrogen (secondary N) is 1. The molecule has 1 heterocycles. The van der Waals surface area contributed by atoms with Crippen LogP contribution in [0.2, 0.25) is 10.0 Å². The van der Waals surface area contributed by atoms with Crippen LogP contribution in [0.5, 0.6) is 0 Å². The Labute approximate surface area is 146 Å². The first-order valence-electron chi connectivity index (χ1n) is 7.64. The van der Waals surface area contributed by atoms with Gasteiger partial charge in [0.1, 0.15) is 4.90 Å². The predicted molar refractivity (Wildman–Crippen MR) is 89.1 cm³/mol. The number of sulfonamides is 1. The monoisotopic (exact) mass is 376 g/mol. The molecular formula is C15H18Cl2N2O3S. The van der Waals surface area contributed by atoms with E-state index < -0.39 is 10.0 Å². The van der Waals surface area contributed by atoms with E-state index in [0.717, 1.165) is 12.8 Å².